The minimum absolute atomic E-state index is 0.0359. The quantitative estimate of drug-likeness (QED) is 0.552. The van der Waals surface area contributed by atoms with Crippen LogP contribution in [0.1, 0.15) is 24.1 Å². The molecule has 1 heterocycles. The molecule has 134 valence electrons. The zero-order chi connectivity index (χ0) is 18.4. The molecule has 25 heavy (non-hydrogen) atoms. The second-order valence-corrected chi connectivity index (χ2v) is 4.93. The first kappa shape index (κ1) is 18.9. The summed E-state index contributed by atoms with van der Waals surface area (Å²) in [4.78, 5) is 0. The van der Waals surface area contributed by atoms with E-state index in [0.717, 1.165) is 24.3 Å². The number of ether oxygens (including phenoxy) is 2. The lowest BCUT2D eigenvalue weighted by atomic mass is 10.2. The van der Waals surface area contributed by atoms with Crippen molar-refractivity contribution in [2.45, 2.75) is 19.0 Å². The molecule has 0 unspecified atom stereocenters. The van der Waals surface area contributed by atoms with Gasteiger partial charge in [-0.05, 0) is 31.0 Å². The lowest BCUT2D eigenvalue weighted by Gasteiger charge is -2.09. The largest absolute Gasteiger partial charge is 0.491 e. The van der Waals surface area contributed by atoms with E-state index in [4.69, 9.17) is 16.4 Å². The van der Waals surface area contributed by atoms with Crippen LogP contribution in [-0.4, -0.2) is 23.4 Å². The Hall–Kier alpha value is -2.45. The predicted octanol–water partition coefficient (Wildman–Crippen LogP) is 4.07. The van der Waals surface area contributed by atoms with Gasteiger partial charge in [0.2, 0.25) is 5.88 Å². The molecule has 4 nitrogen and oxygen atoms in total. The highest BCUT2D eigenvalue weighted by atomic mass is 19.4. The van der Waals surface area contributed by atoms with Crippen LogP contribution in [-0.2, 0) is 6.18 Å². The molecule has 0 fully saturated rings. The highest BCUT2D eigenvalue weighted by Gasteiger charge is 2.32. The van der Waals surface area contributed by atoms with E-state index < -0.39 is 29.1 Å². The molecule has 0 atom stereocenters. The minimum Gasteiger partial charge on any atom is -0.491 e. The molecule has 0 amide bonds. The van der Waals surface area contributed by atoms with Crippen LogP contribution >= 0.6 is 0 Å². The van der Waals surface area contributed by atoms with Gasteiger partial charge in [0.1, 0.15) is 5.82 Å². The van der Waals surface area contributed by atoms with Crippen LogP contribution in [0, 0.1) is 18.6 Å². The van der Waals surface area contributed by atoms with Gasteiger partial charge in [-0.2, -0.15) is 13.2 Å². The summed E-state index contributed by atoms with van der Waals surface area (Å²) in [5.74, 6) is -2.02. The van der Waals surface area contributed by atoms with Gasteiger partial charge >= 0.3 is 6.18 Å². The molecule has 0 aliphatic carbocycles. The van der Waals surface area contributed by atoms with Gasteiger partial charge in [0.05, 0.1) is 13.2 Å². The summed E-state index contributed by atoms with van der Waals surface area (Å²) in [5, 5.41) is 6.34. The standard InChI is InChI=1S/C16H13F5N2O2/c1-10-11(17)4-5-12(15(10)18)24-8-2-3-9-25-14-7-6-13(22-23-14)16(19,20)21/h1,4-7H,2-3,8-9H2. The predicted molar refractivity (Wildman–Crippen MR) is 77.0 cm³/mol. The summed E-state index contributed by atoms with van der Waals surface area (Å²) in [7, 11) is 0. The van der Waals surface area contributed by atoms with Crippen LogP contribution in [0.25, 0.3) is 0 Å². The summed E-state index contributed by atoms with van der Waals surface area (Å²) in [6.45, 7) is 5.50. The molecule has 2 rings (SSSR count). The van der Waals surface area contributed by atoms with Gasteiger partial charge in [-0.1, -0.05) is 0 Å². The number of unbranched alkanes of at least 4 members (excludes halogenated alkanes) is 1. The first-order valence-corrected chi connectivity index (χ1v) is 7.19. The van der Waals surface area contributed by atoms with E-state index >= 15 is 0 Å². The molecule has 0 bridgehead atoms. The van der Waals surface area contributed by atoms with Crippen LogP contribution in [0.2, 0.25) is 0 Å². The minimum atomic E-state index is -4.55. The van der Waals surface area contributed by atoms with Crippen LogP contribution in [0.15, 0.2) is 24.3 Å². The Kier molecular flexibility index (Phi) is 6.11. The highest BCUT2D eigenvalue weighted by Crippen LogP contribution is 2.27. The van der Waals surface area contributed by atoms with Crippen molar-refractivity contribution in [2.24, 2.45) is 0 Å². The van der Waals surface area contributed by atoms with Crippen molar-refractivity contribution in [1.82, 2.24) is 10.2 Å². The molecular formula is C16H13F5N2O2. The third-order valence-electron chi connectivity index (χ3n) is 3.07. The van der Waals surface area contributed by atoms with Crippen molar-refractivity contribution >= 4 is 0 Å². The van der Waals surface area contributed by atoms with Crippen LogP contribution in [0.3, 0.4) is 0 Å². The number of hydrogen-bond donors (Lipinski definition) is 0. The normalized spacial score (nSPS) is 11.4. The fraction of sp³-hybridized carbons (Fsp3) is 0.312. The fourth-order valence-electron chi connectivity index (χ4n) is 1.77. The van der Waals surface area contributed by atoms with Crippen molar-refractivity contribution in [3.05, 3.63) is 54.1 Å². The molecule has 0 spiro atoms. The van der Waals surface area contributed by atoms with Crippen molar-refractivity contribution in [2.75, 3.05) is 13.2 Å². The molecule has 9 heteroatoms. The monoisotopic (exact) mass is 360 g/mol. The molecule has 0 saturated heterocycles. The first-order valence-electron chi connectivity index (χ1n) is 7.19. The van der Waals surface area contributed by atoms with Gasteiger partial charge in [-0.3, -0.25) is 0 Å². The zero-order valence-corrected chi connectivity index (χ0v) is 12.8. The number of benzene rings is 1. The third kappa shape index (κ3) is 5.27. The van der Waals surface area contributed by atoms with E-state index in [1.807, 2.05) is 0 Å². The molecule has 0 saturated carbocycles. The fourth-order valence-corrected chi connectivity index (χ4v) is 1.77. The molecule has 1 aromatic heterocycles. The maximum Gasteiger partial charge on any atom is 0.435 e. The topological polar surface area (TPSA) is 44.2 Å². The van der Waals surface area contributed by atoms with Crippen LogP contribution < -0.4 is 9.47 Å². The molecule has 0 aliphatic rings. The average Bonchev–Trinajstić information content (AvgIpc) is 2.57. The van der Waals surface area contributed by atoms with Crippen molar-refractivity contribution in [3.63, 3.8) is 0 Å². The lowest BCUT2D eigenvalue weighted by Crippen LogP contribution is -2.10. The Balaban J connectivity index is 1.69. The van der Waals surface area contributed by atoms with E-state index in [9.17, 15) is 22.0 Å². The van der Waals surface area contributed by atoms with Gasteiger partial charge in [-0.15, -0.1) is 10.2 Å². The molecule has 2 aromatic rings. The highest BCUT2D eigenvalue weighted by molar-refractivity contribution is 5.33. The maximum atomic E-state index is 13.6. The van der Waals surface area contributed by atoms with Crippen molar-refractivity contribution in [3.8, 4) is 11.6 Å². The number of rotatable bonds is 7. The molecule has 1 aromatic carbocycles. The van der Waals surface area contributed by atoms with E-state index in [2.05, 4.69) is 10.2 Å². The van der Waals surface area contributed by atoms with Gasteiger partial charge in [-0.25, -0.2) is 8.78 Å². The van der Waals surface area contributed by atoms with Gasteiger partial charge < -0.3 is 9.47 Å². The SMILES string of the molecule is [CH]c1c(F)ccc(OCCCCOc2ccc(C(F)(F)F)nn2)c1F. The van der Waals surface area contributed by atoms with Crippen molar-refractivity contribution < 1.29 is 31.4 Å². The number of hydrogen-bond acceptors (Lipinski definition) is 4. The molecule has 2 radical (unpaired) electrons. The Morgan fingerprint density at radius 1 is 0.920 bits per heavy atom. The summed E-state index contributed by atoms with van der Waals surface area (Å²) < 4.78 is 73.8. The Morgan fingerprint density at radius 3 is 2.20 bits per heavy atom. The smallest absolute Gasteiger partial charge is 0.435 e. The molecular weight excluding hydrogens is 347 g/mol. The Morgan fingerprint density at radius 2 is 1.60 bits per heavy atom. The van der Waals surface area contributed by atoms with E-state index in [-0.39, 0.29) is 24.8 Å². The van der Waals surface area contributed by atoms with E-state index in [1.165, 1.54) is 0 Å². The second-order valence-electron chi connectivity index (χ2n) is 4.93. The number of aromatic nitrogens is 2. The summed E-state index contributed by atoms with van der Waals surface area (Å²) in [6, 6.07) is 3.98. The first-order chi connectivity index (χ1) is 11.8. The second kappa shape index (κ2) is 8.09. The average molecular weight is 360 g/mol. The van der Waals surface area contributed by atoms with E-state index in [1.54, 1.807) is 0 Å². The Labute approximate surface area is 140 Å². The third-order valence-corrected chi connectivity index (χ3v) is 3.07. The van der Waals surface area contributed by atoms with Gasteiger partial charge in [0.25, 0.3) is 0 Å². The summed E-state index contributed by atoms with van der Waals surface area (Å²) >= 11 is 0. The van der Waals surface area contributed by atoms with Crippen molar-refractivity contribution in [1.29, 1.82) is 0 Å². The number of halogens is 5. The molecule has 0 N–H and O–H groups in total. The van der Waals surface area contributed by atoms with Gasteiger partial charge in [0.15, 0.2) is 17.3 Å². The Bertz CT molecular complexity index is 705. The summed E-state index contributed by atoms with van der Waals surface area (Å²) in [6.07, 6.45) is -3.62. The van der Waals surface area contributed by atoms with Gasteiger partial charge in [0, 0.05) is 18.6 Å². The van der Waals surface area contributed by atoms with Crippen LogP contribution in [0.5, 0.6) is 11.6 Å². The van der Waals surface area contributed by atoms with Crippen LogP contribution in [0.4, 0.5) is 22.0 Å². The van der Waals surface area contributed by atoms with E-state index in [0.29, 0.717) is 12.8 Å². The zero-order valence-electron chi connectivity index (χ0n) is 12.8. The lowest BCUT2D eigenvalue weighted by molar-refractivity contribution is -0.141. The number of nitrogens with zero attached hydrogens (tertiary/aromatic N) is 2. The molecule has 0 aliphatic heterocycles. The summed E-state index contributed by atoms with van der Waals surface area (Å²) in [5.41, 5.74) is -1.71. The number of alkyl halides is 3. The maximum absolute atomic E-state index is 13.6.